The molecule has 0 bridgehead atoms. The molecule has 1 N–H and O–H groups in total. The Bertz CT molecular complexity index is 747. The molecular weight excluding hydrogens is 390 g/mol. The Kier molecular flexibility index (Phi) is 8.46. The van der Waals surface area contributed by atoms with Gasteiger partial charge in [0.15, 0.2) is 0 Å². The molecule has 0 aromatic heterocycles. The van der Waals surface area contributed by atoms with Gasteiger partial charge in [-0.1, -0.05) is 25.1 Å². The third-order valence-electron chi connectivity index (χ3n) is 6.80. The summed E-state index contributed by atoms with van der Waals surface area (Å²) >= 11 is 0. The van der Waals surface area contributed by atoms with E-state index in [9.17, 15) is 9.59 Å². The lowest BCUT2D eigenvalue weighted by Crippen LogP contribution is -2.58. The molecule has 0 saturated carbocycles. The molecule has 7 heteroatoms. The summed E-state index contributed by atoms with van der Waals surface area (Å²) in [7, 11) is 3.92. The summed E-state index contributed by atoms with van der Waals surface area (Å²) in [5.74, 6) is -0.153. The van der Waals surface area contributed by atoms with Crippen molar-refractivity contribution < 1.29 is 9.59 Å². The predicted octanol–water partition coefficient (Wildman–Crippen LogP) is 1.75. The van der Waals surface area contributed by atoms with Crippen molar-refractivity contribution >= 4 is 17.5 Å². The molecule has 1 aromatic rings. The highest BCUT2D eigenvalue weighted by molar-refractivity contribution is 5.95. The fraction of sp³-hybridized carbons (Fsp3) is 0.667. The number of amides is 2. The lowest BCUT2D eigenvalue weighted by molar-refractivity contribution is -0.138. The van der Waals surface area contributed by atoms with Crippen LogP contribution in [0.4, 0.5) is 5.69 Å². The van der Waals surface area contributed by atoms with E-state index in [1.807, 2.05) is 31.2 Å². The van der Waals surface area contributed by atoms with Crippen LogP contribution in [0.3, 0.4) is 0 Å². The summed E-state index contributed by atoms with van der Waals surface area (Å²) in [5.41, 5.74) is 1.92. The molecule has 2 saturated heterocycles. The first kappa shape index (κ1) is 23.7. The van der Waals surface area contributed by atoms with Gasteiger partial charge in [0.1, 0.15) is 0 Å². The Balaban J connectivity index is 1.46. The van der Waals surface area contributed by atoms with Gasteiger partial charge in [-0.25, -0.2) is 0 Å². The van der Waals surface area contributed by atoms with Crippen LogP contribution in [-0.4, -0.2) is 103 Å². The Morgan fingerprint density at radius 3 is 2.55 bits per heavy atom. The van der Waals surface area contributed by atoms with E-state index in [4.69, 9.17) is 0 Å². The average Bonchev–Trinajstić information content (AvgIpc) is 2.78. The number of aryl methyl sites for hydroxylation is 1. The molecule has 7 nitrogen and oxygen atoms in total. The summed E-state index contributed by atoms with van der Waals surface area (Å²) < 4.78 is 0. The van der Waals surface area contributed by atoms with Gasteiger partial charge in [0.05, 0.1) is 12.6 Å². The van der Waals surface area contributed by atoms with Gasteiger partial charge in [-0.15, -0.1) is 0 Å². The van der Waals surface area contributed by atoms with Gasteiger partial charge in [0, 0.05) is 51.5 Å². The molecular formula is C24H39N5O2. The Hall–Kier alpha value is -1.96. The second kappa shape index (κ2) is 11.1. The molecule has 2 aliphatic heterocycles. The van der Waals surface area contributed by atoms with Crippen molar-refractivity contribution in [3.05, 3.63) is 29.8 Å². The van der Waals surface area contributed by atoms with E-state index in [1.54, 1.807) is 11.9 Å². The smallest absolute Gasteiger partial charge is 0.243 e. The molecule has 2 aliphatic rings. The van der Waals surface area contributed by atoms with Crippen LogP contribution in [-0.2, 0) is 16.0 Å². The van der Waals surface area contributed by atoms with Crippen LogP contribution in [0.2, 0.25) is 0 Å². The maximum atomic E-state index is 13.0. The van der Waals surface area contributed by atoms with Gasteiger partial charge >= 0.3 is 0 Å². The monoisotopic (exact) mass is 429 g/mol. The van der Waals surface area contributed by atoms with E-state index in [2.05, 4.69) is 34.0 Å². The highest BCUT2D eigenvalue weighted by atomic mass is 16.2. The van der Waals surface area contributed by atoms with E-state index >= 15 is 0 Å². The average molecular weight is 430 g/mol. The predicted molar refractivity (Wildman–Crippen MR) is 125 cm³/mol. The summed E-state index contributed by atoms with van der Waals surface area (Å²) in [5, 5.41) is 2.95. The van der Waals surface area contributed by atoms with Gasteiger partial charge in [0.25, 0.3) is 0 Å². The second-order valence-corrected chi connectivity index (χ2v) is 9.06. The van der Waals surface area contributed by atoms with E-state index in [1.165, 1.54) is 19.4 Å². The van der Waals surface area contributed by atoms with Gasteiger partial charge in [-0.3, -0.25) is 19.4 Å². The number of likely N-dealkylation sites (tertiary alicyclic amines) is 1. The molecule has 2 amide bonds. The molecule has 2 heterocycles. The molecule has 0 radical (unpaired) electrons. The summed E-state index contributed by atoms with van der Waals surface area (Å²) in [4.78, 5) is 34.3. The van der Waals surface area contributed by atoms with Crippen LogP contribution >= 0.6 is 0 Å². The first-order valence-electron chi connectivity index (χ1n) is 11.7. The summed E-state index contributed by atoms with van der Waals surface area (Å²) in [6.07, 6.45) is 3.40. The van der Waals surface area contributed by atoms with Crippen molar-refractivity contribution in [2.75, 3.05) is 65.2 Å². The van der Waals surface area contributed by atoms with Crippen molar-refractivity contribution in [2.45, 2.75) is 45.2 Å². The van der Waals surface area contributed by atoms with E-state index in [0.717, 1.165) is 50.4 Å². The third kappa shape index (κ3) is 6.28. The molecule has 0 spiro atoms. The molecule has 3 rings (SSSR count). The minimum atomic E-state index is -0.211. The summed E-state index contributed by atoms with van der Waals surface area (Å²) in [6.45, 7) is 10.3. The van der Waals surface area contributed by atoms with Gasteiger partial charge in [-0.05, 0) is 51.4 Å². The Morgan fingerprint density at radius 2 is 1.87 bits per heavy atom. The minimum Gasteiger partial charge on any atom is -0.335 e. The topological polar surface area (TPSA) is 59.1 Å². The van der Waals surface area contributed by atoms with Crippen LogP contribution < -0.4 is 5.32 Å². The molecule has 0 aliphatic carbocycles. The number of hydrogen-bond acceptors (Lipinski definition) is 5. The number of likely N-dealkylation sites (N-methyl/N-ethyl adjacent to an activating group) is 2. The lowest BCUT2D eigenvalue weighted by atomic mass is 10.0. The van der Waals surface area contributed by atoms with Crippen LogP contribution in [0.15, 0.2) is 24.3 Å². The number of para-hydroxylation sites is 1. The number of carbonyl (C=O) groups is 2. The zero-order chi connectivity index (χ0) is 22.4. The number of benzene rings is 1. The number of nitrogens with zero attached hydrogens (tertiary/aromatic N) is 4. The van der Waals surface area contributed by atoms with Crippen LogP contribution in [0, 0.1) is 0 Å². The van der Waals surface area contributed by atoms with Crippen molar-refractivity contribution in [2.24, 2.45) is 0 Å². The van der Waals surface area contributed by atoms with Crippen LogP contribution in [0.1, 0.15) is 32.3 Å². The standard InChI is InChI=1S/C24H39N5O2/c1-5-20-9-6-7-11-22(20)25-23(30)18-27(4)24(31)19(2)28-13-15-29(16-14-28)21-10-8-12-26(3)17-21/h6-7,9,11,19,21H,5,8,10,12-18H2,1-4H3,(H,25,30). The molecule has 31 heavy (non-hydrogen) atoms. The van der Waals surface area contributed by atoms with Crippen molar-refractivity contribution in [3.8, 4) is 0 Å². The van der Waals surface area contributed by atoms with Crippen molar-refractivity contribution in [1.29, 1.82) is 0 Å². The first-order chi connectivity index (χ1) is 14.9. The molecule has 2 atom stereocenters. The van der Waals surface area contributed by atoms with E-state index in [-0.39, 0.29) is 24.4 Å². The highest BCUT2D eigenvalue weighted by Gasteiger charge is 2.31. The van der Waals surface area contributed by atoms with Crippen LogP contribution in [0.25, 0.3) is 0 Å². The second-order valence-electron chi connectivity index (χ2n) is 9.06. The fourth-order valence-corrected chi connectivity index (χ4v) is 4.84. The SMILES string of the molecule is CCc1ccccc1NC(=O)CN(C)C(=O)C(C)N1CCN(C2CCCN(C)C2)CC1. The van der Waals surface area contributed by atoms with Gasteiger partial charge < -0.3 is 15.1 Å². The number of piperazine rings is 1. The maximum Gasteiger partial charge on any atom is 0.243 e. The molecule has 1 aromatic carbocycles. The number of carbonyl (C=O) groups excluding carboxylic acids is 2. The number of piperidine rings is 1. The number of rotatable bonds is 7. The summed E-state index contributed by atoms with van der Waals surface area (Å²) in [6, 6.07) is 8.23. The first-order valence-corrected chi connectivity index (χ1v) is 11.7. The molecule has 2 fully saturated rings. The third-order valence-corrected chi connectivity index (χ3v) is 6.80. The quantitative estimate of drug-likeness (QED) is 0.716. The van der Waals surface area contributed by atoms with Crippen LogP contribution in [0.5, 0.6) is 0 Å². The van der Waals surface area contributed by atoms with E-state index in [0.29, 0.717) is 6.04 Å². The zero-order valence-corrected chi connectivity index (χ0v) is 19.6. The van der Waals surface area contributed by atoms with Crippen molar-refractivity contribution in [1.82, 2.24) is 19.6 Å². The fourth-order valence-electron chi connectivity index (χ4n) is 4.84. The maximum absolute atomic E-state index is 13.0. The highest BCUT2D eigenvalue weighted by Crippen LogP contribution is 2.18. The Labute approximate surface area is 187 Å². The Morgan fingerprint density at radius 1 is 1.16 bits per heavy atom. The lowest BCUT2D eigenvalue weighted by Gasteiger charge is -2.44. The zero-order valence-electron chi connectivity index (χ0n) is 19.6. The molecule has 2 unspecified atom stereocenters. The molecule has 172 valence electrons. The number of anilines is 1. The largest absolute Gasteiger partial charge is 0.335 e. The van der Waals surface area contributed by atoms with E-state index < -0.39 is 0 Å². The van der Waals surface area contributed by atoms with Crippen molar-refractivity contribution in [3.63, 3.8) is 0 Å². The minimum absolute atomic E-state index is 0.00442. The number of nitrogens with one attached hydrogen (secondary N) is 1. The van der Waals surface area contributed by atoms with Gasteiger partial charge in [0.2, 0.25) is 11.8 Å². The number of hydrogen-bond donors (Lipinski definition) is 1. The normalized spacial score (nSPS) is 22.1. The van der Waals surface area contributed by atoms with Gasteiger partial charge in [-0.2, -0.15) is 0 Å².